The van der Waals surface area contributed by atoms with Crippen molar-refractivity contribution < 1.29 is 4.79 Å². The summed E-state index contributed by atoms with van der Waals surface area (Å²) in [4.78, 5) is 28.1. The standard InChI is InChI=1S/C17H16ClN5O/c18-13-2-1-3-14(9-13)22-4-6-23(7-5-22)17(24)12-8-15-16(19-10-12)21-11-20-15/h1-3,8-11H,4-7H2,(H,19,20,21). The van der Waals surface area contributed by atoms with E-state index in [-0.39, 0.29) is 5.91 Å². The first kappa shape index (κ1) is 15.0. The average molecular weight is 342 g/mol. The van der Waals surface area contributed by atoms with E-state index < -0.39 is 0 Å². The highest BCUT2D eigenvalue weighted by Crippen LogP contribution is 2.21. The van der Waals surface area contributed by atoms with E-state index in [0.29, 0.717) is 24.3 Å². The van der Waals surface area contributed by atoms with E-state index in [4.69, 9.17) is 11.6 Å². The van der Waals surface area contributed by atoms with Crippen molar-refractivity contribution in [3.05, 3.63) is 53.4 Å². The van der Waals surface area contributed by atoms with Gasteiger partial charge in [-0.1, -0.05) is 17.7 Å². The highest BCUT2D eigenvalue weighted by Gasteiger charge is 2.23. The minimum atomic E-state index is 0.00439. The SMILES string of the molecule is O=C(c1cnc2nc[nH]c2c1)N1CCN(c2cccc(Cl)c2)CC1. The predicted octanol–water partition coefficient (Wildman–Crippen LogP) is 2.57. The molecule has 122 valence electrons. The molecule has 1 saturated heterocycles. The highest BCUT2D eigenvalue weighted by molar-refractivity contribution is 6.30. The van der Waals surface area contributed by atoms with E-state index in [9.17, 15) is 4.79 Å². The topological polar surface area (TPSA) is 65.1 Å². The maximum absolute atomic E-state index is 12.7. The summed E-state index contributed by atoms with van der Waals surface area (Å²) in [5.41, 5.74) is 3.08. The van der Waals surface area contributed by atoms with Gasteiger partial charge in [-0.15, -0.1) is 0 Å². The van der Waals surface area contributed by atoms with Crippen molar-refractivity contribution in [2.75, 3.05) is 31.1 Å². The number of piperazine rings is 1. The lowest BCUT2D eigenvalue weighted by molar-refractivity contribution is 0.0746. The molecule has 1 aromatic carbocycles. The number of benzene rings is 1. The summed E-state index contributed by atoms with van der Waals surface area (Å²) in [7, 11) is 0. The minimum Gasteiger partial charge on any atom is -0.368 e. The number of pyridine rings is 1. The van der Waals surface area contributed by atoms with E-state index >= 15 is 0 Å². The number of hydrogen-bond acceptors (Lipinski definition) is 4. The van der Waals surface area contributed by atoms with Gasteiger partial charge in [0.2, 0.25) is 0 Å². The van der Waals surface area contributed by atoms with Crippen LogP contribution in [-0.2, 0) is 0 Å². The van der Waals surface area contributed by atoms with Gasteiger partial charge in [0.05, 0.1) is 17.4 Å². The van der Waals surface area contributed by atoms with Crippen LogP contribution < -0.4 is 4.90 Å². The average Bonchev–Trinajstić information content (AvgIpc) is 3.09. The number of nitrogens with one attached hydrogen (secondary N) is 1. The highest BCUT2D eigenvalue weighted by atomic mass is 35.5. The zero-order valence-electron chi connectivity index (χ0n) is 12.9. The lowest BCUT2D eigenvalue weighted by Gasteiger charge is -2.36. The van der Waals surface area contributed by atoms with E-state index in [2.05, 4.69) is 19.9 Å². The number of nitrogens with zero attached hydrogens (tertiary/aromatic N) is 4. The molecule has 3 aromatic rings. The smallest absolute Gasteiger partial charge is 0.255 e. The number of halogens is 1. The number of rotatable bonds is 2. The molecular weight excluding hydrogens is 326 g/mol. The van der Waals surface area contributed by atoms with Gasteiger partial charge in [-0.3, -0.25) is 4.79 Å². The Morgan fingerprint density at radius 2 is 1.96 bits per heavy atom. The first-order chi connectivity index (χ1) is 11.7. The largest absolute Gasteiger partial charge is 0.368 e. The van der Waals surface area contributed by atoms with Gasteiger partial charge < -0.3 is 14.8 Å². The van der Waals surface area contributed by atoms with Crippen LogP contribution in [0.1, 0.15) is 10.4 Å². The van der Waals surface area contributed by atoms with Gasteiger partial charge in [0.15, 0.2) is 5.65 Å². The molecule has 3 heterocycles. The molecule has 0 spiro atoms. The quantitative estimate of drug-likeness (QED) is 0.778. The second kappa shape index (κ2) is 6.13. The molecular formula is C17H16ClN5O. The third-order valence-electron chi connectivity index (χ3n) is 4.26. The van der Waals surface area contributed by atoms with Crippen LogP contribution in [0.15, 0.2) is 42.9 Å². The fraction of sp³-hybridized carbons (Fsp3) is 0.235. The second-order valence-corrected chi connectivity index (χ2v) is 6.19. The van der Waals surface area contributed by atoms with Crippen molar-refractivity contribution in [1.82, 2.24) is 19.9 Å². The summed E-state index contributed by atoms with van der Waals surface area (Å²) in [6.07, 6.45) is 3.17. The Balaban J connectivity index is 1.46. The minimum absolute atomic E-state index is 0.00439. The van der Waals surface area contributed by atoms with Crippen molar-refractivity contribution in [3.8, 4) is 0 Å². The number of carbonyl (C=O) groups excluding carboxylic acids is 1. The molecule has 1 aliphatic rings. The van der Waals surface area contributed by atoms with Crippen molar-refractivity contribution in [2.45, 2.75) is 0 Å². The molecule has 0 atom stereocenters. The number of imidazole rings is 1. The first-order valence-corrected chi connectivity index (χ1v) is 8.17. The molecule has 0 bridgehead atoms. The van der Waals surface area contributed by atoms with Gasteiger partial charge in [0.25, 0.3) is 5.91 Å². The molecule has 1 N–H and O–H groups in total. The van der Waals surface area contributed by atoms with E-state index in [1.54, 1.807) is 18.6 Å². The molecule has 0 saturated carbocycles. The lowest BCUT2D eigenvalue weighted by Crippen LogP contribution is -2.48. The Bertz CT molecular complexity index is 885. The first-order valence-electron chi connectivity index (χ1n) is 7.79. The van der Waals surface area contributed by atoms with Crippen LogP contribution in [-0.4, -0.2) is 51.9 Å². The second-order valence-electron chi connectivity index (χ2n) is 5.76. The fourth-order valence-electron chi connectivity index (χ4n) is 2.97. The molecule has 24 heavy (non-hydrogen) atoms. The van der Waals surface area contributed by atoms with Crippen LogP contribution in [0.4, 0.5) is 5.69 Å². The molecule has 6 nitrogen and oxygen atoms in total. The van der Waals surface area contributed by atoms with Gasteiger partial charge in [-0.2, -0.15) is 0 Å². The number of H-pyrrole nitrogens is 1. The number of hydrogen-bond donors (Lipinski definition) is 1. The Labute approximate surface area is 144 Å². The van der Waals surface area contributed by atoms with E-state index in [1.165, 1.54) is 0 Å². The van der Waals surface area contributed by atoms with Crippen LogP contribution >= 0.6 is 11.6 Å². The van der Waals surface area contributed by atoms with Gasteiger partial charge in [-0.05, 0) is 24.3 Å². The maximum Gasteiger partial charge on any atom is 0.255 e. The fourth-order valence-corrected chi connectivity index (χ4v) is 3.15. The molecule has 0 aliphatic carbocycles. The van der Waals surface area contributed by atoms with E-state index in [1.807, 2.05) is 29.2 Å². The van der Waals surface area contributed by atoms with Crippen LogP contribution in [0.5, 0.6) is 0 Å². The summed E-state index contributed by atoms with van der Waals surface area (Å²) in [5, 5.41) is 0.727. The number of carbonyl (C=O) groups is 1. The summed E-state index contributed by atoms with van der Waals surface area (Å²) >= 11 is 6.06. The summed E-state index contributed by atoms with van der Waals surface area (Å²) in [6, 6.07) is 9.61. The van der Waals surface area contributed by atoms with Gasteiger partial charge in [0, 0.05) is 43.1 Å². The number of aromatic nitrogens is 3. The lowest BCUT2D eigenvalue weighted by atomic mass is 10.2. The van der Waals surface area contributed by atoms with Crippen molar-refractivity contribution in [3.63, 3.8) is 0 Å². The molecule has 2 aromatic heterocycles. The number of anilines is 1. The summed E-state index contributed by atoms with van der Waals surface area (Å²) in [6.45, 7) is 2.91. The molecule has 4 rings (SSSR count). The molecule has 1 fully saturated rings. The van der Waals surface area contributed by atoms with Crippen molar-refractivity contribution in [1.29, 1.82) is 0 Å². The number of amides is 1. The molecule has 1 aliphatic heterocycles. The third kappa shape index (κ3) is 2.80. The van der Waals surface area contributed by atoms with Crippen LogP contribution in [0.2, 0.25) is 5.02 Å². The molecule has 1 amide bonds. The maximum atomic E-state index is 12.7. The Hall–Kier alpha value is -2.60. The Morgan fingerprint density at radius 3 is 2.75 bits per heavy atom. The molecule has 7 heteroatoms. The van der Waals surface area contributed by atoms with Crippen molar-refractivity contribution in [2.24, 2.45) is 0 Å². The Kier molecular flexibility index (Phi) is 3.82. The summed E-state index contributed by atoms with van der Waals surface area (Å²) in [5.74, 6) is 0.00439. The zero-order valence-corrected chi connectivity index (χ0v) is 13.7. The van der Waals surface area contributed by atoms with Crippen molar-refractivity contribution >= 4 is 34.4 Å². The predicted molar refractivity (Wildman–Crippen MR) is 93.5 cm³/mol. The molecule has 0 radical (unpaired) electrons. The third-order valence-corrected chi connectivity index (χ3v) is 4.50. The van der Waals surface area contributed by atoms with Crippen LogP contribution in [0.3, 0.4) is 0 Å². The normalized spacial score (nSPS) is 15.0. The summed E-state index contributed by atoms with van der Waals surface area (Å²) < 4.78 is 0. The van der Waals surface area contributed by atoms with Gasteiger partial charge in [0.1, 0.15) is 0 Å². The number of fused-ring (bicyclic) bond motifs is 1. The van der Waals surface area contributed by atoms with Gasteiger partial charge >= 0.3 is 0 Å². The van der Waals surface area contributed by atoms with Crippen LogP contribution in [0, 0.1) is 0 Å². The van der Waals surface area contributed by atoms with E-state index in [0.717, 1.165) is 29.3 Å². The van der Waals surface area contributed by atoms with Crippen LogP contribution in [0.25, 0.3) is 11.2 Å². The van der Waals surface area contributed by atoms with Gasteiger partial charge in [-0.25, -0.2) is 9.97 Å². The molecule has 0 unspecified atom stereocenters. The Morgan fingerprint density at radius 1 is 1.12 bits per heavy atom. The monoisotopic (exact) mass is 341 g/mol. The number of aromatic amines is 1. The zero-order chi connectivity index (χ0) is 16.5.